The molecule has 1 aromatic rings. The topological polar surface area (TPSA) is 41.0 Å². The molecule has 2 rings (SSSR count). The minimum absolute atomic E-state index is 0.434. The average Bonchev–Trinajstić information content (AvgIpc) is 2.29. The van der Waals surface area contributed by atoms with E-state index in [2.05, 4.69) is 34.4 Å². The zero-order valence-electron chi connectivity index (χ0n) is 10.6. The van der Waals surface area contributed by atoms with Crippen LogP contribution < -0.4 is 5.32 Å². The maximum atomic E-state index is 5.87. The van der Waals surface area contributed by atoms with E-state index in [1.807, 2.05) is 13.0 Å². The number of piperidine rings is 1. The highest BCUT2D eigenvalue weighted by Crippen LogP contribution is 2.20. The lowest BCUT2D eigenvalue weighted by Crippen LogP contribution is -2.45. The van der Waals surface area contributed by atoms with Crippen LogP contribution in [-0.4, -0.2) is 41.3 Å². The van der Waals surface area contributed by atoms with Gasteiger partial charge in [-0.15, -0.1) is 10.2 Å². The lowest BCUT2D eigenvalue weighted by molar-refractivity contribution is 0.211. The van der Waals surface area contributed by atoms with Gasteiger partial charge in [0.05, 0.1) is 0 Å². The number of rotatable bonds is 2. The van der Waals surface area contributed by atoms with E-state index in [1.54, 1.807) is 0 Å². The van der Waals surface area contributed by atoms with Crippen molar-refractivity contribution in [2.24, 2.45) is 5.92 Å². The van der Waals surface area contributed by atoms with Gasteiger partial charge in [-0.25, -0.2) is 0 Å². The van der Waals surface area contributed by atoms with Crippen molar-refractivity contribution in [2.45, 2.75) is 26.3 Å². The molecule has 0 radical (unpaired) electrons. The Bertz CT molecular complexity index is 396. The van der Waals surface area contributed by atoms with Crippen molar-refractivity contribution in [2.75, 3.05) is 25.5 Å². The summed E-state index contributed by atoms with van der Waals surface area (Å²) in [6.45, 7) is 6.44. The molecule has 0 aliphatic carbocycles. The minimum Gasteiger partial charge on any atom is -0.364 e. The van der Waals surface area contributed by atoms with E-state index in [-0.39, 0.29) is 0 Å². The number of nitrogens with one attached hydrogen (secondary N) is 1. The highest BCUT2D eigenvalue weighted by Gasteiger charge is 2.24. The molecule has 17 heavy (non-hydrogen) atoms. The summed E-state index contributed by atoms with van der Waals surface area (Å²) < 4.78 is 0. The molecule has 2 atom stereocenters. The maximum Gasteiger partial charge on any atom is 0.154 e. The van der Waals surface area contributed by atoms with Crippen molar-refractivity contribution in [3.8, 4) is 0 Å². The Hall–Kier alpha value is -0.870. The molecular formula is C12H19ClN4. The van der Waals surface area contributed by atoms with E-state index in [9.17, 15) is 0 Å². The summed E-state index contributed by atoms with van der Waals surface area (Å²) in [5.74, 6) is 1.48. The molecular weight excluding hydrogens is 236 g/mol. The van der Waals surface area contributed by atoms with E-state index in [4.69, 9.17) is 11.6 Å². The fourth-order valence-corrected chi connectivity index (χ4v) is 2.24. The third-order valence-electron chi connectivity index (χ3n) is 3.42. The van der Waals surface area contributed by atoms with Gasteiger partial charge >= 0.3 is 0 Å². The van der Waals surface area contributed by atoms with Crippen molar-refractivity contribution in [1.82, 2.24) is 15.1 Å². The van der Waals surface area contributed by atoms with Gasteiger partial charge in [-0.3, -0.25) is 0 Å². The molecule has 1 saturated heterocycles. The number of hydrogen-bond donors (Lipinski definition) is 1. The molecule has 4 nitrogen and oxygen atoms in total. The standard InChI is InChI=1S/C12H19ClN4/c1-8-4-5-17(3)7-10(8)14-11-6-9(2)12(13)16-15-11/h6,8,10H,4-5,7H2,1-3H3,(H,14,15)/t8-,10+/m1/s1. The Morgan fingerprint density at radius 1 is 1.47 bits per heavy atom. The van der Waals surface area contributed by atoms with Crippen LogP contribution in [0.4, 0.5) is 5.82 Å². The van der Waals surface area contributed by atoms with Crippen LogP contribution in [0.15, 0.2) is 6.07 Å². The second kappa shape index (κ2) is 5.19. The summed E-state index contributed by atoms with van der Waals surface area (Å²) in [6, 6.07) is 2.39. The summed E-state index contributed by atoms with van der Waals surface area (Å²) >= 11 is 5.87. The highest BCUT2D eigenvalue weighted by molar-refractivity contribution is 6.30. The number of aromatic nitrogens is 2. The van der Waals surface area contributed by atoms with Gasteiger partial charge in [0.15, 0.2) is 5.15 Å². The average molecular weight is 255 g/mol. The van der Waals surface area contributed by atoms with Crippen LogP contribution in [0.1, 0.15) is 18.9 Å². The number of likely N-dealkylation sites (tertiary alicyclic amines) is 1. The molecule has 0 spiro atoms. The first-order valence-corrected chi connectivity index (χ1v) is 6.39. The number of hydrogen-bond acceptors (Lipinski definition) is 4. The Morgan fingerprint density at radius 3 is 2.94 bits per heavy atom. The second-order valence-corrected chi connectivity index (χ2v) is 5.34. The van der Waals surface area contributed by atoms with E-state index in [0.29, 0.717) is 17.1 Å². The van der Waals surface area contributed by atoms with Crippen molar-refractivity contribution in [3.05, 3.63) is 16.8 Å². The van der Waals surface area contributed by atoms with Crippen LogP contribution in [0, 0.1) is 12.8 Å². The number of nitrogens with zero attached hydrogens (tertiary/aromatic N) is 3. The molecule has 0 unspecified atom stereocenters. The van der Waals surface area contributed by atoms with E-state index < -0.39 is 0 Å². The summed E-state index contributed by atoms with van der Waals surface area (Å²) in [6.07, 6.45) is 1.22. The zero-order chi connectivity index (χ0) is 12.4. The van der Waals surface area contributed by atoms with Crippen LogP contribution in [0.2, 0.25) is 5.15 Å². The maximum absolute atomic E-state index is 5.87. The fraction of sp³-hybridized carbons (Fsp3) is 0.667. The van der Waals surface area contributed by atoms with E-state index in [0.717, 1.165) is 17.9 Å². The third kappa shape index (κ3) is 3.07. The largest absolute Gasteiger partial charge is 0.364 e. The summed E-state index contributed by atoms with van der Waals surface area (Å²) in [7, 11) is 2.15. The molecule has 1 N–H and O–H groups in total. The first-order chi connectivity index (χ1) is 8.06. The molecule has 0 saturated carbocycles. The molecule has 2 heterocycles. The Morgan fingerprint density at radius 2 is 2.24 bits per heavy atom. The van der Waals surface area contributed by atoms with Gasteiger partial charge in [-0.1, -0.05) is 18.5 Å². The first kappa shape index (κ1) is 12.6. The van der Waals surface area contributed by atoms with Crippen LogP contribution >= 0.6 is 11.6 Å². The van der Waals surface area contributed by atoms with Gasteiger partial charge in [0, 0.05) is 12.6 Å². The van der Waals surface area contributed by atoms with Crippen molar-refractivity contribution >= 4 is 17.4 Å². The molecule has 0 amide bonds. The lowest BCUT2D eigenvalue weighted by atomic mass is 9.94. The molecule has 1 aliphatic rings. The second-order valence-electron chi connectivity index (χ2n) is 4.98. The van der Waals surface area contributed by atoms with Gasteiger partial charge in [0.1, 0.15) is 5.82 Å². The van der Waals surface area contributed by atoms with Crippen molar-refractivity contribution < 1.29 is 0 Å². The molecule has 1 aliphatic heterocycles. The van der Waals surface area contributed by atoms with Crippen LogP contribution in [-0.2, 0) is 0 Å². The minimum atomic E-state index is 0.434. The zero-order valence-corrected chi connectivity index (χ0v) is 11.3. The van der Waals surface area contributed by atoms with E-state index in [1.165, 1.54) is 13.0 Å². The van der Waals surface area contributed by atoms with Gasteiger partial charge in [-0.05, 0) is 44.5 Å². The quantitative estimate of drug-likeness (QED) is 0.879. The smallest absolute Gasteiger partial charge is 0.154 e. The predicted octanol–water partition coefficient (Wildman–Crippen LogP) is 2.19. The van der Waals surface area contributed by atoms with Gasteiger partial charge < -0.3 is 10.2 Å². The Labute approximate surface area is 107 Å². The Balaban J connectivity index is 2.06. The third-order valence-corrected chi connectivity index (χ3v) is 3.79. The summed E-state index contributed by atoms with van der Waals surface area (Å²) in [5.41, 5.74) is 0.959. The predicted molar refractivity (Wildman–Crippen MR) is 70.5 cm³/mol. The molecule has 5 heteroatoms. The fourth-order valence-electron chi connectivity index (χ4n) is 2.15. The lowest BCUT2D eigenvalue weighted by Gasteiger charge is -2.35. The van der Waals surface area contributed by atoms with Gasteiger partial charge in [0.2, 0.25) is 0 Å². The molecule has 94 valence electrons. The van der Waals surface area contributed by atoms with Crippen molar-refractivity contribution in [1.29, 1.82) is 0 Å². The Kier molecular flexibility index (Phi) is 3.84. The van der Waals surface area contributed by atoms with Crippen LogP contribution in [0.25, 0.3) is 0 Å². The molecule has 1 aromatic heterocycles. The summed E-state index contributed by atoms with van der Waals surface area (Å²) in [5, 5.41) is 11.9. The first-order valence-electron chi connectivity index (χ1n) is 6.01. The number of anilines is 1. The van der Waals surface area contributed by atoms with Gasteiger partial charge in [0.25, 0.3) is 0 Å². The van der Waals surface area contributed by atoms with Crippen molar-refractivity contribution in [3.63, 3.8) is 0 Å². The number of likely N-dealkylation sites (N-methyl/N-ethyl adjacent to an activating group) is 1. The van der Waals surface area contributed by atoms with Crippen LogP contribution in [0.3, 0.4) is 0 Å². The molecule has 0 aromatic carbocycles. The van der Waals surface area contributed by atoms with Crippen LogP contribution in [0.5, 0.6) is 0 Å². The number of aryl methyl sites for hydroxylation is 1. The monoisotopic (exact) mass is 254 g/mol. The molecule has 0 bridgehead atoms. The SMILES string of the molecule is Cc1cc(N[C@H]2CN(C)CC[C@H]2C)nnc1Cl. The molecule has 1 fully saturated rings. The summed E-state index contributed by atoms with van der Waals surface area (Å²) in [4.78, 5) is 2.34. The van der Waals surface area contributed by atoms with E-state index >= 15 is 0 Å². The normalized spacial score (nSPS) is 25.9. The highest BCUT2D eigenvalue weighted by atomic mass is 35.5. The number of halogens is 1. The van der Waals surface area contributed by atoms with Gasteiger partial charge in [-0.2, -0.15) is 0 Å².